The standard InChI is InChI=1S/C67H127NO10/c1-4-7-10-13-16-19-22-24-25-26-27-28-29-30-31-32-33-34-35-36-37-40-42-45-48-51-54-60(71)66(75)68-58(59(70)53-50-47-44-41-39-23-20-17-14-11-8-5-2)57-76-67-65(64(74)63(73)61(56-69)77-67)78-62(72)55-52-49-46-43-38-21-18-15-12-9-6-3/h15,18,50,53,58-61,63-65,67,69-71,73-74H,4-14,16-17,19-49,51-52,54-57H2,1-3H3,(H,68,75)/b18-15-,53-50+. The molecule has 78 heavy (non-hydrogen) atoms. The fourth-order valence-corrected chi connectivity index (χ4v) is 10.8. The quantitative estimate of drug-likeness (QED) is 0.0195. The lowest BCUT2D eigenvalue weighted by molar-refractivity contribution is -0.305. The Balaban J connectivity index is 2.53. The van der Waals surface area contributed by atoms with Gasteiger partial charge in [0, 0.05) is 6.42 Å². The number of carbonyl (C=O) groups is 2. The highest BCUT2D eigenvalue weighted by atomic mass is 16.7. The maximum absolute atomic E-state index is 13.4. The second-order valence-electron chi connectivity index (χ2n) is 23.6. The minimum Gasteiger partial charge on any atom is -0.454 e. The van der Waals surface area contributed by atoms with E-state index in [0.717, 1.165) is 77.0 Å². The molecule has 0 aromatic heterocycles. The molecule has 8 atom stereocenters. The minimum atomic E-state index is -1.61. The van der Waals surface area contributed by atoms with E-state index in [4.69, 9.17) is 14.2 Å². The van der Waals surface area contributed by atoms with Crippen LogP contribution in [0.15, 0.2) is 24.3 Å². The highest BCUT2D eigenvalue weighted by Crippen LogP contribution is 2.26. The lowest BCUT2D eigenvalue weighted by Gasteiger charge is -2.41. The van der Waals surface area contributed by atoms with Gasteiger partial charge in [-0.2, -0.15) is 0 Å². The number of rotatable bonds is 58. The van der Waals surface area contributed by atoms with E-state index >= 15 is 0 Å². The van der Waals surface area contributed by atoms with E-state index in [-0.39, 0.29) is 13.0 Å². The summed E-state index contributed by atoms with van der Waals surface area (Å²) in [5.41, 5.74) is 0. The van der Waals surface area contributed by atoms with Crippen LogP contribution in [-0.2, 0) is 23.8 Å². The molecule has 1 aliphatic heterocycles. The van der Waals surface area contributed by atoms with Crippen molar-refractivity contribution in [2.45, 2.75) is 378 Å². The summed E-state index contributed by atoms with van der Waals surface area (Å²) in [6.45, 7) is 5.77. The number of esters is 1. The van der Waals surface area contributed by atoms with Gasteiger partial charge in [-0.25, -0.2) is 0 Å². The number of hydrogen-bond donors (Lipinski definition) is 6. The van der Waals surface area contributed by atoms with Crippen molar-refractivity contribution in [3.05, 3.63) is 24.3 Å². The molecule has 1 fully saturated rings. The normalized spacial score (nSPS) is 19.0. The van der Waals surface area contributed by atoms with Crippen LogP contribution >= 0.6 is 0 Å². The van der Waals surface area contributed by atoms with Gasteiger partial charge in [-0.3, -0.25) is 9.59 Å². The van der Waals surface area contributed by atoms with Crippen LogP contribution in [0.1, 0.15) is 329 Å². The third kappa shape index (κ3) is 42.9. The van der Waals surface area contributed by atoms with Crippen molar-refractivity contribution in [1.29, 1.82) is 0 Å². The Hall–Kier alpha value is -1.86. The van der Waals surface area contributed by atoms with Crippen LogP contribution in [0.3, 0.4) is 0 Å². The Labute approximate surface area is 480 Å². The van der Waals surface area contributed by atoms with Crippen LogP contribution in [0.4, 0.5) is 0 Å². The van der Waals surface area contributed by atoms with Gasteiger partial charge >= 0.3 is 5.97 Å². The van der Waals surface area contributed by atoms with Gasteiger partial charge in [-0.05, 0) is 44.9 Å². The van der Waals surface area contributed by atoms with E-state index < -0.39 is 67.4 Å². The summed E-state index contributed by atoms with van der Waals surface area (Å²) in [6.07, 6.45) is 55.3. The summed E-state index contributed by atoms with van der Waals surface area (Å²) in [5, 5.41) is 57.0. The van der Waals surface area contributed by atoms with Gasteiger partial charge in [0.05, 0.1) is 25.4 Å². The molecule has 1 heterocycles. The molecule has 0 aliphatic carbocycles. The topological polar surface area (TPSA) is 175 Å². The Morgan fingerprint density at radius 1 is 0.487 bits per heavy atom. The highest BCUT2D eigenvalue weighted by molar-refractivity contribution is 5.80. The number of carbonyl (C=O) groups excluding carboxylic acids is 2. The van der Waals surface area contributed by atoms with Crippen LogP contribution in [0.25, 0.3) is 0 Å². The first-order chi connectivity index (χ1) is 38.2. The monoisotopic (exact) mass is 1110 g/mol. The largest absolute Gasteiger partial charge is 0.454 e. The predicted octanol–water partition coefficient (Wildman–Crippen LogP) is 16.5. The maximum Gasteiger partial charge on any atom is 0.306 e. The first-order valence-electron chi connectivity index (χ1n) is 33.6. The number of aliphatic hydroxyl groups excluding tert-OH is 5. The molecular formula is C67H127NO10. The van der Waals surface area contributed by atoms with Crippen LogP contribution in [0.5, 0.6) is 0 Å². The molecule has 0 saturated carbocycles. The van der Waals surface area contributed by atoms with Gasteiger partial charge < -0.3 is 45.1 Å². The lowest BCUT2D eigenvalue weighted by Crippen LogP contribution is -2.61. The van der Waals surface area contributed by atoms with Gasteiger partial charge in [0.1, 0.15) is 24.4 Å². The zero-order valence-electron chi connectivity index (χ0n) is 51.1. The van der Waals surface area contributed by atoms with Crippen LogP contribution in [0, 0.1) is 0 Å². The third-order valence-electron chi connectivity index (χ3n) is 16.1. The summed E-state index contributed by atoms with van der Waals surface area (Å²) in [7, 11) is 0. The molecule has 1 rings (SSSR count). The smallest absolute Gasteiger partial charge is 0.306 e. The molecule has 0 bridgehead atoms. The molecule has 1 aliphatic rings. The third-order valence-corrected chi connectivity index (χ3v) is 16.1. The van der Waals surface area contributed by atoms with Crippen LogP contribution in [0.2, 0.25) is 0 Å². The second-order valence-corrected chi connectivity index (χ2v) is 23.6. The number of amides is 1. The highest BCUT2D eigenvalue weighted by Gasteiger charge is 2.47. The summed E-state index contributed by atoms with van der Waals surface area (Å²) >= 11 is 0. The lowest BCUT2D eigenvalue weighted by atomic mass is 9.99. The molecule has 0 aromatic carbocycles. The van der Waals surface area contributed by atoms with Gasteiger partial charge in [-0.15, -0.1) is 0 Å². The van der Waals surface area contributed by atoms with Crippen molar-refractivity contribution in [3.63, 3.8) is 0 Å². The number of allylic oxidation sites excluding steroid dienone is 3. The number of ether oxygens (including phenoxy) is 3. The second kappa shape index (κ2) is 55.7. The fraction of sp³-hybridized carbons (Fsp3) is 0.910. The van der Waals surface area contributed by atoms with E-state index in [9.17, 15) is 35.1 Å². The molecule has 11 nitrogen and oxygen atoms in total. The van der Waals surface area contributed by atoms with Crippen molar-refractivity contribution >= 4 is 11.9 Å². The summed E-state index contributed by atoms with van der Waals surface area (Å²) in [5.74, 6) is -1.19. The molecule has 0 aromatic rings. The van der Waals surface area contributed by atoms with Crippen LogP contribution in [-0.4, -0.2) is 99.6 Å². The first-order valence-corrected chi connectivity index (χ1v) is 33.6. The Bertz CT molecular complexity index is 1360. The maximum atomic E-state index is 13.4. The summed E-state index contributed by atoms with van der Waals surface area (Å²) < 4.78 is 17.6. The molecule has 8 unspecified atom stereocenters. The number of aliphatic hydroxyl groups is 5. The average Bonchev–Trinajstić information content (AvgIpc) is 3.46. The van der Waals surface area contributed by atoms with Crippen molar-refractivity contribution < 1.29 is 49.3 Å². The van der Waals surface area contributed by atoms with Crippen molar-refractivity contribution in [2.24, 2.45) is 0 Å². The predicted molar refractivity (Wildman–Crippen MR) is 324 cm³/mol. The average molecular weight is 1110 g/mol. The van der Waals surface area contributed by atoms with Gasteiger partial charge in [0.2, 0.25) is 5.91 Å². The van der Waals surface area contributed by atoms with E-state index in [1.54, 1.807) is 6.08 Å². The summed E-state index contributed by atoms with van der Waals surface area (Å²) in [4.78, 5) is 26.5. The Morgan fingerprint density at radius 3 is 1.28 bits per heavy atom. The van der Waals surface area contributed by atoms with E-state index in [0.29, 0.717) is 19.3 Å². The first kappa shape index (κ1) is 74.2. The molecule has 0 spiro atoms. The van der Waals surface area contributed by atoms with Crippen molar-refractivity contribution in [2.75, 3.05) is 13.2 Å². The molecule has 1 amide bonds. The van der Waals surface area contributed by atoms with Crippen molar-refractivity contribution in [1.82, 2.24) is 5.32 Å². The zero-order chi connectivity index (χ0) is 56.8. The van der Waals surface area contributed by atoms with E-state index in [1.165, 1.54) is 205 Å². The fourth-order valence-electron chi connectivity index (χ4n) is 10.8. The molecule has 1 saturated heterocycles. The van der Waals surface area contributed by atoms with Crippen LogP contribution < -0.4 is 5.32 Å². The Morgan fingerprint density at radius 2 is 0.859 bits per heavy atom. The molecule has 6 N–H and O–H groups in total. The van der Waals surface area contributed by atoms with Gasteiger partial charge in [-0.1, -0.05) is 302 Å². The number of unbranched alkanes of at least 4 members (excludes halogenated alkanes) is 42. The van der Waals surface area contributed by atoms with E-state index in [2.05, 4.69) is 38.2 Å². The number of hydrogen-bond acceptors (Lipinski definition) is 10. The molecular weight excluding hydrogens is 979 g/mol. The zero-order valence-corrected chi connectivity index (χ0v) is 51.1. The Kier molecular flexibility index (Phi) is 52.9. The minimum absolute atomic E-state index is 0.116. The molecule has 0 radical (unpaired) electrons. The van der Waals surface area contributed by atoms with Gasteiger partial charge in [0.25, 0.3) is 0 Å². The van der Waals surface area contributed by atoms with Gasteiger partial charge in [0.15, 0.2) is 12.4 Å². The van der Waals surface area contributed by atoms with E-state index in [1.807, 2.05) is 6.08 Å². The van der Waals surface area contributed by atoms with Crippen molar-refractivity contribution in [3.8, 4) is 0 Å². The molecule has 460 valence electrons. The number of nitrogens with one attached hydrogen (secondary N) is 1. The molecule has 11 heteroatoms. The summed E-state index contributed by atoms with van der Waals surface area (Å²) in [6, 6.07) is -1.02. The SMILES string of the molecule is CCCC/C=C\CCCCCCCC(=O)OC1C(OCC(NC(=O)C(O)CCCCCCCCCCCCCCCCCCCCCCCCCCCC)C(O)/C=C/CCCCCCCCCCCC)OC(CO)C(O)C1O.